The van der Waals surface area contributed by atoms with E-state index in [0.29, 0.717) is 17.9 Å². The number of nitriles is 1. The Balaban J connectivity index is 2.50. The first-order chi connectivity index (χ1) is 9.43. The molecule has 108 valence electrons. The smallest absolute Gasteiger partial charge is 0.255 e. The fourth-order valence-corrected chi connectivity index (χ4v) is 1.65. The highest BCUT2D eigenvalue weighted by Crippen LogP contribution is 2.04. The molecular weight excluding hydrogens is 258 g/mol. The second-order valence-corrected chi connectivity index (χ2v) is 5.03. The Morgan fingerprint density at radius 2 is 2.05 bits per heavy atom. The number of amides is 2. The fraction of sp³-hybridized carbons (Fsp3) is 0.500. The van der Waals surface area contributed by atoms with E-state index in [1.165, 1.54) is 18.6 Å². The van der Waals surface area contributed by atoms with Crippen LogP contribution in [-0.4, -0.2) is 23.9 Å². The summed E-state index contributed by atoms with van der Waals surface area (Å²) >= 11 is 0. The molecule has 0 spiro atoms. The van der Waals surface area contributed by atoms with Gasteiger partial charge < -0.3 is 15.1 Å². The molecule has 0 aliphatic heterocycles. The van der Waals surface area contributed by atoms with E-state index in [1.54, 1.807) is 6.92 Å². The van der Waals surface area contributed by atoms with Crippen molar-refractivity contribution in [2.45, 2.75) is 39.3 Å². The first-order valence-electron chi connectivity index (χ1n) is 6.47. The molecule has 0 saturated heterocycles. The molecule has 1 aromatic heterocycles. The average molecular weight is 277 g/mol. The van der Waals surface area contributed by atoms with Gasteiger partial charge in [-0.05, 0) is 25.3 Å². The van der Waals surface area contributed by atoms with Gasteiger partial charge in [0.2, 0.25) is 5.91 Å². The Kier molecular flexibility index (Phi) is 5.78. The normalized spacial score (nSPS) is 13.3. The van der Waals surface area contributed by atoms with Gasteiger partial charge in [0.05, 0.1) is 17.9 Å². The number of hydrogen-bond donors (Lipinski definition) is 2. The molecule has 1 aromatic rings. The van der Waals surface area contributed by atoms with Gasteiger partial charge in [0.1, 0.15) is 18.3 Å². The molecule has 0 unspecified atom stereocenters. The van der Waals surface area contributed by atoms with E-state index >= 15 is 0 Å². The minimum Gasteiger partial charge on any atom is -0.472 e. The van der Waals surface area contributed by atoms with Crippen LogP contribution in [-0.2, 0) is 4.79 Å². The van der Waals surface area contributed by atoms with Crippen LogP contribution in [0.4, 0.5) is 0 Å². The Labute approximate surface area is 118 Å². The van der Waals surface area contributed by atoms with E-state index in [1.807, 2.05) is 19.9 Å². The molecule has 0 fully saturated rings. The molecule has 0 aromatic carbocycles. The second kappa shape index (κ2) is 7.34. The first-order valence-corrected chi connectivity index (χ1v) is 6.47. The van der Waals surface area contributed by atoms with Crippen LogP contribution in [0.5, 0.6) is 0 Å². The summed E-state index contributed by atoms with van der Waals surface area (Å²) < 4.78 is 4.80. The Bertz CT molecular complexity index is 488. The van der Waals surface area contributed by atoms with Crippen LogP contribution in [0.1, 0.15) is 37.6 Å². The van der Waals surface area contributed by atoms with Crippen molar-refractivity contribution in [3.63, 3.8) is 0 Å². The molecule has 2 N–H and O–H groups in total. The van der Waals surface area contributed by atoms with Gasteiger partial charge in [0, 0.05) is 0 Å². The Morgan fingerprint density at radius 1 is 1.35 bits per heavy atom. The van der Waals surface area contributed by atoms with Crippen LogP contribution in [0, 0.1) is 17.2 Å². The van der Waals surface area contributed by atoms with Crippen molar-refractivity contribution in [3.8, 4) is 6.07 Å². The zero-order valence-corrected chi connectivity index (χ0v) is 11.8. The summed E-state index contributed by atoms with van der Waals surface area (Å²) in [5, 5.41) is 14.1. The van der Waals surface area contributed by atoms with E-state index < -0.39 is 18.0 Å². The summed E-state index contributed by atoms with van der Waals surface area (Å²) in [5.74, 6) is -0.469. The lowest BCUT2D eigenvalue weighted by atomic mass is 10.0. The minimum absolute atomic E-state index is 0.302. The van der Waals surface area contributed by atoms with Crippen LogP contribution < -0.4 is 10.6 Å². The lowest BCUT2D eigenvalue weighted by molar-refractivity contribution is -0.123. The van der Waals surface area contributed by atoms with Crippen molar-refractivity contribution in [2.24, 2.45) is 5.92 Å². The predicted molar refractivity (Wildman–Crippen MR) is 72.6 cm³/mol. The van der Waals surface area contributed by atoms with E-state index in [0.717, 1.165) is 0 Å². The van der Waals surface area contributed by atoms with Crippen molar-refractivity contribution in [1.29, 1.82) is 5.26 Å². The van der Waals surface area contributed by atoms with Gasteiger partial charge in [-0.15, -0.1) is 0 Å². The van der Waals surface area contributed by atoms with E-state index in [9.17, 15) is 9.59 Å². The monoisotopic (exact) mass is 277 g/mol. The number of hydrogen-bond acceptors (Lipinski definition) is 4. The van der Waals surface area contributed by atoms with Gasteiger partial charge in [0.25, 0.3) is 5.91 Å². The summed E-state index contributed by atoms with van der Waals surface area (Å²) in [7, 11) is 0. The lowest BCUT2D eigenvalue weighted by Crippen LogP contribution is -2.48. The summed E-state index contributed by atoms with van der Waals surface area (Å²) in [6.45, 7) is 5.51. The largest absolute Gasteiger partial charge is 0.472 e. The summed E-state index contributed by atoms with van der Waals surface area (Å²) in [4.78, 5) is 23.6. The molecule has 1 heterocycles. The maximum Gasteiger partial charge on any atom is 0.255 e. The highest BCUT2D eigenvalue weighted by Gasteiger charge is 2.20. The van der Waals surface area contributed by atoms with E-state index in [-0.39, 0.29) is 5.91 Å². The van der Waals surface area contributed by atoms with Crippen LogP contribution >= 0.6 is 0 Å². The molecule has 0 aliphatic rings. The van der Waals surface area contributed by atoms with Gasteiger partial charge >= 0.3 is 0 Å². The third-order valence-corrected chi connectivity index (χ3v) is 2.70. The van der Waals surface area contributed by atoms with E-state index in [2.05, 4.69) is 10.6 Å². The zero-order chi connectivity index (χ0) is 15.1. The van der Waals surface area contributed by atoms with Crippen molar-refractivity contribution < 1.29 is 14.0 Å². The molecule has 0 bridgehead atoms. The van der Waals surface area contributed by atoms with Crippen LogP contribution in [0.15, 0.2) is 23.0 Å². The van der Waals surface area contributed by atoms with E-state index in [4.69, 9.17) is 9.68 Å². The second-order valence-electron chi connectivity index (χ2n) is 5.03. The number of furan rings is 1. The summed E-state index contributed by atoms with van der Waals surface area (Å²) in [5.41, 5.74) is 0.351. The van der Waals surface area contributed by atoms with Gasteiger partial charge in [-0.25, -0.2) is 0 Å². The Hall–Kier alpha value is -2.29. The fourth-order valence-electron chi connectivity index (χ4n) is 1.65. The number of nitrogens with one attached hydrogen (secondary N) is 2. The molecule has 1 rings (SSSR count). The van der Waals surface area contributed by atoms with Crippen molar-refractivity contribution in [1.82, 2.24) is 10.6 Å². The maximum atomic E-state index is 11.9. The highest BCUT2D eigenvalue weighted by molar-refractivity contribution is 5.97. The summed E-state index contributed by atoms with van der Waals surface area (Å²) in [6.07, 6.45) is 3.26. The molecule has 0 radical (unpaired) electrons. The van der Waals surface area contributed by atoms with Crippen LogP contribution in [0.3, 0.4) is 0 Å². The molecule has 20 heavy (non-hydrogen) atoms. The minimum atomic E-state index is -0.722. The maximum absolute atomic E-state index is 11.9. The number of carbonyl (C=O) groups is 2. The Morgan fingerprint density at radius 3 is 2.55 bits per heavy atom. The molecule has 6 heteroatoms. The molecule has 0 aliphatic carbocycles. The van der Waals surface area contributed by atoms with Gasteiger partial charge in [-0.2, -0.15) is 5.26 Å². The SMILES string of the molecule is CC(C)C[C@H](C#N)NC(=O)[C@@H](C)NC(=O)c1ccoc1. The number of carbonyl (C=O) groups excluding carboxylic acids is 2. The highest BCUT2D eigenvalue weighted by atomic mass is 16.3. The number of nitrogens with zero attached hydrogens (tertiary/aromatic N) is 1. The van der Waals surface area contributed by atoms with Crippen molar-refractivity contribution in [3.05, 3.63) is 24.2 Å². The topological polar surface area (TPSA) is 95.1 Å². The molecule has 6 nitrogen and oxygen atoms in total. The third-order valence-electron chi connectivity index (χ3n) is 2.70. The first kappa shape index (κ1) is 15.8. The molecule has 2 amide bonds. The van der Waals surface area contributed by atoms with Crippen LogP contribution in [0.25, 0.3) is 0 Å². The molecule has 0 saturated carbocycles. The quantitative estimate of drug-likeness (QED) is 0.822. The van der Waals surface area contributed by atoms with Gasteiger partial charge in [-0.1, -0.05) is 13.8 Å². The molecular formula is C14H19N3O3. The number of rotatable bonds is 6. The predicted octanol–water partition coefficient (Wildman–Crippen LogP) is 1.45. The molecule has 2 atom stereocenters. The van der Waals surface area contributed by atoms with Crippen LogP contribution in [0.2, 0.25) is 0 Å². The zero-order valence-electron chi connectivity index (χ0n) is 11.8. The average Bonchev–Trinajstić information content (AvgIpc) is 2.90. The van der Waals surface area contributed by atoms with Crippen molar-refractivity contribution >= 4 is 11.8 Å². The van der Waals surface area contributed by atoms with Gasteiger partial charge in [0.15, 0.2) is 0 Å². The van der Waals surface area contributed by atoms with Crippen molar-refractivity contribution in [2.75, 3.05) is 0 Å². The standard InChI is InChI=1S/C14H19N3O3/c1-9(2)6-12(7-15)17-13(18)10(3)16-14(19)11-4-5-20-8-11/h4-5,8-10,12H,6H2,1-3H3,(H,16,19)(H,17,18)/t10-,12-/m1/s1. The summed E-state index contributed by atoms with van der Waals surface area (Å²) in [6, 6.07) is 2.28. The van der Waals surface area contributed by atoms with Gasteiger partial charge in [-0.3, -0.25) is 9.59 Å². The lowest BCUT2D eigenvalue weighted by Gasteiger charge is -2.17. The third kappa shape index (κ3) is 4.76.